The van der Waals surface area contributed by atoms with Crippen LogP contribution in [0.2, 0.25) is 0 Å². The average Bonchev–Trinajstić information content (AvgIpc) is 2.92. The monoisotopic (exact) mass is 367 g/mol. The van der Waals surface area contributed by atoms with Crippen LogP contribution in [-0.4, -0.2) is 4.92 Å². The van der Waals surface area contributed by atoms with Gasteiger partial charge in [0, 0.05) is 10.8 Å². The number of nitro groups is 1. The highest BCUT2D eigenvalue weighted by Crippen LogP contribution is 2.38. The highest BCUT2D eigenvalue weighted by molar-refractivity contribution is 9.10. The molecule has 4 nitrogen and oxygen atoms in total. The lowest BCUT2D eigenvalue weighted by atomic mass is 10.0. The summed E-state index contributed by atoms with van der Waals surface area (Å²) in [7, 11) is 0. The second-order valence-electron chi connectivity index (χ2n) is 5.20. The normalized spacial score (nSPS) is 11.2. The summed E-state index contributed by atoms with van der Waals surface area (Å²) in [6.45, 7) is 0. The molecule has 0 unspecified atom stereocenters. The molecule has 4 aromatic rings. The first kappa shape index (κ1) is 14.0. The molecule has 0 saturated heterocycles. The number of nitro benzene ring substituents is 1. The first-order valence-electron chi connectivity index (χ1n) is 7.00. The van der Waals surface area contributed by atoms with E-state index in [1.807, 2.05) is 42.5 Å². The second-order valence-corrected chi connectivity index (χ2v) is 6.06. The molecule has 0 aliphatic rings. The second kappa shape index (κ2) is 5.21. The molecule has 0 fully saturated rings. The van der Waals surface area contributed by atoms with Crippen molar-refractivity contribution < 1.29 is 9.34 Å². The molecule has 3 aromatic carbocycles. The number of hydrogen-bond acceptors (Lipinski definition) is 3. The van der Waals surface area contributed by atoms with Gasteiger partial charge in [-0.15, -0.1) is 0 Å². The van der Waals surface area contributed by atoms with Crippen molar-refractivity contribution in [3.8, 4) is 11.1 Å². The molecule has 112 valence electrons. The lowest BCUT2D eigenvalue weighted by Gasteiger charge is -2.05. The minimum atomic E-state index is -0.364. The van der Waals surface area contributed by atoms with Crippen LogP contribution < -0.4 is 0 Å². The predicted molar refractivity (Wildman–Crippen MR) is 93.5 cm³/mol. The van der Waals surface area contributed by atoms with Crippen LogP contribution in [0.25, 0.3) is 33.1 Å². The van der Waals surface area contributed by atoms with Gasteiger partial charge in [-0.25, -0.2) is 0 Å². The van der Waals surface area contributed by atoms with E-state index in [0.29, 0.717) is 10.0 Å². The van der Waals surface area contributed by atoms with Crippen molar-refractivity contribution in [2.45, 2.75) is 0 Å². The van der Waals surface area contributed by atoms with Gasteiger partial charge in [-0.2, -0.15) is 0 Å². The summed E-state index contributed by atoms with van der Waals surface area (Å²) in [5.41, 5.74) is 3.02. The quantitative estimate of drug-likeness (QED) is 0.326. The van der Waals surface area contributed by atoms with Crippen LogP contribution in [0.1, 0.15) is 0 Å². The topological polar surface area (TPSA) is 56.3 Å². The van der Waals surface area contributed by atoms with Gasteiger partial charge in [0.1, 0.15) is 11.2 Å². The van der Waals surface area contributed by atoms with Crippen LogP contribution in [-0.2, 0) is 0 Å². The molecule has 23 heavy (non-hydrogen) atoms. The van der Waals surface area contributed by atoms with E-state index in [0.717, 1.165) is 27.5 Å². The summed E-state index contributed by atoms with van der Waals surface area (Å²) in [5.74, 6) is 0. The zero-order valence-electron chi connectivity index (χ0n) is 11.8. The molecule has 1 heterocycles. The van der Waals surface area contributed by atoms with Crippen molar-refractivity contribution >= 4 is 43.6 Å². The summed E-state index contributed by atoms with van der Waals surface area (Å²) < 4.78 is 6.27. The maximum atomic E-state index is 11.4. The molecule has 0 aliphatic carbocycles. The van der Waals surface area contributed by atoms with Crippen molar-refractivity contribution in [3.63, 3.8) is 0 Å². The zero-order valence-corrected chi connectivity index (χ0v) is 13.4. The molecule has 1 aromatic heterocycles. The zero-order chi connectivity index (χ0) is 16.0. The summed E-state index contributed by atoms with van der Waals surface area (Å²) in [4.78, 5) is 11.0. The fourth-order valence-electron chi connectivity index (χ4n) is 2.83. The standard InChI is InChI=1S/C18H10BrNO3/c19-15-6-3-5-12(18(15)20(21)22)11-8-9-17-14(10-11)13-4-1-2-7-16(13)23-17/h1-10H. The Labute approximate surface area is 139 Å². The van der Waals surface area contributed by atoms with Gasteiger partial charge in [0.2, 0.25) is 0 Å². The molecule has 0 bridgehead atoms. The van der Waals surface area contributed by atoms with E-state index >= 15 is 0 Å². The molecule has 5 heteroatoms. The number of para-hydroxylation sites is 2. The lowest BCUT2D eigenvalue weighted by Crippen LogP contribution is -1.93. The Bertz CT molecular complexity index is 1070. The minimum absolute atomic E-state index is 0.0691. The average molecular weight is 368 g/mol. The number of benzene rings is 3. The number of halogens is 1. The molecule has 0 radical (unpaired) electrons. The Balaban J connectivity index is 2.02. The van der Waals surface area contributed by atoms with Gasteiger partial charge in [0.15, 0.2) is 0 Å². The summed E-state index contributed by atoms with van der Waals surface area (Å²) in [6, 6.07) is 18.6. The molecule has 0 N–H and O–H groups in total. The number of fused-ring (bicyclic) bond motifs is 3. The number of rotatable bonds is 2. The Morgan fingerprint density at radius 1 is 0.913 bits per heavy atom. The molecule has 0 aliphatic heterocycles. The predicted octanol–water partition coefficient (Wildman–Crippen LogP) is 5.92. The molecule has 0 amide bonds. The van der Waals surface area contributed by atoms with Gasteiger partial charge < -0.3 is 4.42 Å². The highest BCUT2D eigenvalue weighted by Gasteiger charge is 2.20. The van der Waals surface area contributed by atoms with E-state index < -0.39 is 0 Å². The van der Waals surface area contributed by atoms with Crippen LogP contribution in [0.15, 0.2) is 69.6 Å². The first-order valence-corrected chi connectivity index (χ1v) is 7.79. The maximum Gasteiger partial charge on any atom is 0.291 e. The molecular weight excluding hydrogens is 358 g/mol. The Kier molecular flexibility index (Phi) is 3.16. The van der Waals surface area contributed by atoms with E-state index in [1.54, 1.807) is 18.2 Å². The fraction of sp³-hybridized carbons (Fsp3) is 0. The Hall–Kier alpha value is -2.66. The third-order valence-electron chi connectivity index (χ3n) is 3.86. The van der Waals surface area contributed by atoms with E-state index in [2.05, 4.69) is 15.9 Å². The van der Waals surface area contributed by atoms with Crippen LogP contribution >= 0.6 is 15.9 Å². The van der Waals surface area contributed by atoms with Gasteiger partial charge >= 0.3 is 0 Å². The van der Waals surface area contributed by atoms with Gasteiger partial charge in [0.25, 0.3) is 5.69 Å². The number of furan rings is 1. The first-order chi connectivity index (χ1) is 11.1. The lowest BCUT2D eigenvalue weighted by molar-refractivity contribution is -0.385. The Morgan fingerprint density at radius 3 is 2.52 bits per heavy atom. The van der Waals surface area contributed by atoms with Gasteiger partial charge in [0.05, 0.1) is 15.0 Å². The molecule has 0 spiro atoms. The number of nitrogens with zero attached hydrogens (tertiary/aromatic N) is 1. The van der Waals surface area contributed by atoms with Crippen molar-refractivity contribution in [1.82, 2.24) is 0 Å². The van der Waals surface area contributed by atoms with Crippen molar-refractivity contribution in [1.29, 1.82) is 0 Å². The van der Waals surface area contributed by atoms with Crippen LogP contribution in [0.3, 0.4) is 0 Å². The molecule has 0 saturated carbocycles. The van der Waals surface area contributed by atoms with Crippen LogP contribution in [0.5, 0.6) is 0 Å². The van der Waals surface area contributed by atoms with Gasteiger partial charge in [-0.05, 0) is 51.8 Å². The molecule has 0 atom stereocenters. The maximum absolute atomic E-state index is 11.4. The van der Waals surface area contributed by atoms with Gasteiger partial charge in [-0.3, -0.25) is 10.1 Å². The highest BCUT2D eigenvalue weighted by atomic mass is 79.9. The number of hydrogen-bond donors (Lipinski definition) is 0. The summed E-state index contributed by atoms with van der Waals surface area (Å²) in [5, 5.41) is 13.4. The van der Waals surface area contributed by atoms with Crippen molar-refractivity contribution in [2.24, 2.45) is 0 Å². The van der Waals surface area contributed by atoms with Crippen LogP contribution in [0, 0.1) is 10.1 Å². The smallest absolute Gasteiger partial charge is 0.291 e. The largest absolute Gasteiger partial charge is 0.456 e. The summed E-state index contributed by atoms with van der Waals surface area (Å²) in [6.07, 6.45) is 0. The SMILES string of the molecule is O=[N+]([O-])c1c(Br)cccc1-c1ccc2oc3ccccc3c2c1. The van der Waals surface area contributed by atoms with E-state index in [4.69, 9.17) is 4.42 Å². The van der Waals surface area contributed by atoms with E-state index in [-0.39, 0.29) is 10.6 Å². The fourth-order valence-corrected chi connectivity index (χ4v) is 3.34. The third kappa shape index (κ3) is 2.21. The minimum Gasteiger partial charge on any atom is -0.456 e. The van der Waals surface area contributed by atoms with Gasteiger partial charge in [-0.1, -0.05) is 30.3 Å². The summed E-state index contributed by atoms with van der Waals surface area (Å²) >= 11 is 3.27. The molecule has 4 rings (SSSR count). The Morgan fingerprint density at radius 2 is 1.70 bits per heavy atom. The van der Waals surface area contributed by atoms with Crippen molar-refractivity contribution in [3.05, 3.63) is 75.3 Å². The van der Waals surface area contributed by atoms with E-state index in [1.165, 1.54) is 0 Å². The third-order valence-corrected chi connectivity index (χ3v) is 4.50. The molecular formula is C18H10BrNO3. The van der Waals surface area contributed by atoms with Crippen LogP contribution in [0.4, 0.5) is 5.69 Å². The van der Waals surface area contributed by atoms with E-state index in [9.17, 15) is 10.1 Å². The van der Waals surface area contributed by atoms with Crippen molar-refractivity contribution in [2.75, 3.05) is 0 Å².